The van der Waals surface area contributed by atoms with Crippen LogP contribution in [0.1, 0.15) is 10.4 Å². The number of ether oxygens (including phenoxy) is 1. The van der Waals surface area contributed by atoms with Gasteiger partial charge >= 0.3 is 0 Å². The van der Waals surface area contributed by atoms with Crippen molar-refractivity contribution in [3.05, 3.63) is 36.4 Å². The minimum absolute atomic E-state index is 0.142. The van der Waals surface area contributed by atoms with Crippen LogP contribution in [-0.4, -0.2) is 31.5 Å². The van der Waals surface area contributed by atoms with E-state index in [1.54, 1.807) is 31.3 Å². The van der Waals surface area contributed by atoms with Gasteiger partial charge in [0.05, 0.1) is 18.4 Å². The Morgan fingerprint density at radius 2 is 2.31 bits per heavy atom. The van der Waals surface area contributed by atoms with Gasteiger partial charge in [0.1, 0.15) is 5.75 Å². The van der Waals surface area contributed by atoms with Crippen LogP contribution in [0.2, 0.25) is 0 Å². The van der Waals surface area contributed by atoms with E-state index in [1.165, 1.54) is 12.0 Å². The summed E-state index contributed by atoms with van der Waals surface area (Å²) in [6.45, 7) is 4.06. The maximum Gasteiger partial charge on any atom is 0.256 e. The topological polar surface area (TPSA) is 55.6 Å². The van der Waals surface area contributed by atoms with Crippen molar-refractivity contribution in [2.45, 2.75) is 0 Å². The lowest BCUT2D eigenvalue weighted by Crippen LogP contribution is -2.27. The zero-order valence-electron chi connectivity index (χ0n) is 9.56. The Bertz CT molecular complexity index is 402. The number of likely N-dealkylation sites (N-methyl/N-ethyl adjacent to an activating group) is 1. The van der Waals surface area contributed by atoms with E-state index in [9.17, 15) is 4.79 Å². The van der Waals surface area contributed by atoms with E-state index in [1.807, 2.05) is 0 Å². The molecule has 0 unspecified atom stereocenters. The van der Waals surface area contributed by atoms with Gasteiger partial charge in [-0.25, -0.2) is 0 Å². The fraction of sp³-hybridized carbons (Fsp3) is 0.250. The molecule has 16 heavy (non-hydrogen) atoms. The molecule has 0 aliphatic carbocycles. The van der Waals surface area contributed by atoms with E-state index in [4.69, 9.17) is 10.5 Å². The predicted molar refractivity (Wildman–Crippen MR) is 64.6 cm³/mol. The van der Waals surface area contributed by atoms with Crippen molar-refractivity contribution in [3.63, 3.8) is 0 Å². The van der Waals surface area contributed by atoms with Crippen LogP contribution in [-0.2, 0) is 0 Å². The van der Waals surface area contributed by atoms with Crippen LogP contribution in [0.25, 0.3) is 0 Å². The number of nitrogen functional groups attached to an aromatic ring is 1. The van der Waals surface area contributed by atoms with E-state index in [0.717, 1.165) is 0 Å². The molecule has 0 atom stereocenters. The molecule has 1 aromatic carbocycles. The molecule has 0 aliphatic rings. The van der Waals surface area contributed by atoms with Gasteiger partial charge in [-0.05, 0) is 12.1 Å². The number of nitrogens with two attached hydrogens (primary N) is 1. The SMILES string of the molecule is C=CCN(C)C(=O)c1cccc(OC)c1N. The van der Waals surface area contributed by atoms with Crippen molar-refractivity contribution < 1.29 is 9.53 Å². The highest BCUT2D eigenvalue weighted by Crippen LogP contribution is 2.25. The summed E-state index contributed by atoms with van der Waals surface area (Å²) in [5.41, 5.74) is 6.64. The summed E-state index contributed by atoms with van der Waals surface area (Å²) in [6.07, 6.45) is 1.66. The van der Waals surface area contributed by atoms with Gasteiger partial charge < -0.3 is 15.4 Å². The number of amides is 1. The summed E-state index contributed by atoms with van der Waals surface area (Å²) in [4.78, 5) is 13.5. The van der Waals surface area contributed by atoms with Gasteiger partial charge in [-0.2, -0.15) is 0 Å². The standard InChI is InChI=1S/C12H16N2O2/c1-4-8-14(2)12(15)9-6-5-7-10(16-3)11(9)13/h4-7H,1,8,13H2,2-3H3. The van der Waals surface area contributed by atoms with Crippen molar-refractivity contribution in [3.8, 4) is 5.75 Å². The summed E-state index contributed by atoms with van der Waals surface area (Å²) >= 11 is 0. The van der Waals surface area contributed by atoms with Gasteiger partial charge in [0.15, 0.2) is 0 Å². The first-order valence-corrected chi connectivity index (χ1v) is 4.90. The Labute approximate surface area is 95.3 Å². The third-order valence-corrected chi connectivity index (χ3v) is 2.27. The molecular weight excluding hydrogens is 204 g/mol. The minimum Gasteiger partial charge on any atom is -0.495 e. The van der Waals surface area contributed by atoms with Crippen LogP contribution >= 0.6 is 0 Å². The molecule has 1 amide bonds. The number of carbonyl (C=O) groups excluding carboxylic acids is 1. The first kappa shape index (κ1) is 12.1. The first-order chi connectivity index (χ1) is 7.61. The van der Waals surface area contributed by atoms with E-state index in [-0.39, 0.29) is 5.91 Å². The fourth-order valence-corrected chi connectivity index (χ4v) is 1.39. The second kappa shape index (κ2) is 5.21. The zero-order chi connectivity index (χ0) is 12.1. The molecule has 2 N–H and O–H groups in total. The monoisotopic (exact) mass is 220 g/mol. The van der Waals surface area contributed by atoms with Crippen LogP contribution in [0, 0.1) is 0 Å². The smallest absolute Gasteiger partial charge is 0.256 e. The summed E-state index contributed by atoms with van der Waals surface area (Å²) < 4.78 is 5.06. The van der Waals surface area contributed by atoms with Crippen LogP contribution in [0.15, 0.2) is 30.9 Å². The largest absolute Gasteiger partial charge is 0.495 e. The normalized spacial score (nSPS) is 9.62. The Balaban J connectivity index is 3.04. The highest BCUT2D eigenvalue weighted by molar-refractivity contribution is 6.00. The Morgan fingerprint density at radius 1 is 1.62 bits per heavy atom. The van der Waals surface area contributed by atoms with E-state index in [0.29, 0.717) is 23.5 Å². The Kier molecular flexibility index (Phi) is 3.94. The lowest BCUT2D eigenvalue weighted by molar-refractivity contribution is 0.0811. The van der Waals surface area contributed by atoms with Crippen molar-refractivity contribution in [1.82, 2.24) is 4.90 Å². The highest BCUT2D eigenvalue weighted by Gasteiger charge is 2.15. The van der Waals surface area contributed by atoms with Gasteiger partial charge in [-0.15, -0.1) is 6.58 Å². The van der Waals surface area contributed by atoms with E-state index in [2.05, 4.69) is 6.58 Å². The number of methoxy groups -OCH3 is 1. The molecule has 1 rings (SSSR count). The van der Waals surface area contributed by atoms with Gasteiger partial charge in [-0.3, -0.25) is 4.79 Å². The number of hydrogen-bond acceptors (Lipinski definition) is 3. The lowest BCUT2D eigenvalue weighted by Gasteiger charge is -2.17. The Morgan fingerprint density at radius 3 is 2.88 bits per heavy atom. The molecule has 0 fully saturated rings. The first-order valence-electron chi connectivity index (χ1n) is 4.90. The number of rotatable bonds is 4. The average Bonchev–Trinajstić information content (AvgIpc) is 2.29. The summed E-state index contributed by atoms with van der Waals surface area (Å²) in [6, 6.07) is 5.14. The van der Waals surface area contributed by atoms with Crippen LogP contribution < -0.4 is 10.5 Å². The van der Waals surface area contributed by atoms with E-state index >= 15 is 0 Å². The van der Waals surface area contributed by atoms with Gasteiger partial charge in [0.2, 0.25) is 0 Å². The zero-order valence-corrected chi connectivity index (χ0v) is 9.56. The lowest BCUT2D eigenvalue weighted by atomic mass is 10.1. The number of hydrogen-bond donors (Lipinski definition) is 1. The van der Waals surface area contributed by atoms with Crippen molar-refractivity contribution >= 4 is 11.6 Å². The van der Waals surface area contributed by atoms with Crippen molar-refractivity contribution in [2.24, 2.45) is 0 Å². The quantitative estimate of drug-likeness (QED) is 0.618. The summed E-state index contributed by atoms with van der Waals surface area (Å²) in [5.74, 6) is 0.370. The van der Waals surface area contributed by atoms with Crippen LogP contribution in [0.3, 0.4) is 0 Å². The molecule has 0 aliphatic heterocycles. The van der Waals surface area contributed by atoms with Crippen LogP contribution in [0.4, 0.5) is 5.69 Å². The molecule has 0 bridgehead atoms. The average molecular weight is 220 g/mol. The number of carbonyl (C=O) groups is 1. The third-order valence-electron chi connectivity index (χ3n) is 2.27. The molecule has 0 heterocycles. The third kappa shape index (κ3) is 2.34. The number of benzene rings is 1. The second-order valence-corrected chi connectivity index (χ2v) is 3.40. The van der Waals surface area contributed by atoms with Gasteiger partial charge in [0.25, 0.3) is 5.91 Å². The number of nitrogens with zero attached hydrogens (tertiary/aromatic N) is 1. The maximum absolute atomic E-state index is 12.0. The maximum atomic E-state index is 12.0. The second-order valence-electron chi connectivity index (χ2n) is 3.40. The molecule has 0 saturated heterocycles. The molecule has 4 heteroatoms. The van der Waals surface area contributed by atoms with E-state index < -0.39 is 0 Å². The summed E-state index contributed by atoms with van der Waals surface area (Å²) in [7, 11) is 3.22. The molecule has 4 nitrogen and oxygen atoms in total. The summed E-state index contributed by atoms with van der Waals surface area (Å²) in [5, 5.41) is 0. The fourth-order valence-electron chi connectivity index (χ4n) is 1.39. The Hall–Kier alpha value is -1.97. The number of anilines is 1. The molecular formula is C12H16N2O2. The molecule has 0 radical (unpaired) electrons. The highest BCUT2D eigenvalue weighted by atomic mass is 16.5. The van der Waals surface area contributed by atoms with Crippen LogP contribution in [0.5, 0.6) is 5.75 Å². The molecule has 86 valence electrons. The van der Waals surface area contributed by atoms with Gasteiger partial charge in [-0.1, -0.05) is 12.1 Å². The minimum atomic E-state index is -0.142. The van der Waals surface area contributed by atoms with Crippen molar-refractivity contribution in [1.29, 1.82) is 0 Å². The molecule has 0 saturated carbocycles. The number of para-hydroxylation sites is 1. The molecule has 0 aromatic heterocycles. The molecule has 1 aromatic rings. The predicted octanol–water partition coefficient (Wildman–Crippen LogP) is 1.54. The van der Waals surface area contributed by atoms with Gasteiger partial charge in [0, 0.05) is 13.6 Å². The molecule has 0 spiro atoms. The van der Waals surface area contributed by atoms with Crippen molar-refractivity contribution in [2.75, 3.05) is 26.4 Å².